The molecule has 0 bridgehead atoms. The number of carboxylic acids is 1. The van der Waals surface area contributed by atoms with Crippen LogP contribution in [0.4, 0.5) is 0 Å². The lowest BCUT2D eigenvalue weighted by molar-refractivity contribution is 0.0696. The molecule has 0 aromatic carbocycles. The zero-order chi connectivity index (χ0) is 16.5. The maximum atomic E-state index is 11.0. The average molecular weight is 346 g/mol. The molecule has 0 saturated heterocycles. The molecule has 7 heteroatoms. The molecule has 2 spiro atoms. The lowest BCUT2D eigenvalue weighted by atomic mass is 10.3. The number of ether oxygens (including phenoxy) is 1. The van der Waals surface area contributed by atoms with Gasteiger partial charge in [-0.05, 0) is 48.6 Å². The van der Waals surface area contributed by atoms with Crippen molar-refractivity contribution >= 4 is 17.6 Å². The summed E-state index contributed by atoms with van der Waals surface area (Å²) in [6, 6.07) is 4.79. The molecular weight excluding hydrogens is 330 g/mol. The average Bonchev–Trinajstić information content (AvgIpc) is 3.50. The van der Waals surface area contributed by atoms with Crippen LogP contribution in [0.5, 0.6) is 5.88 Å². The van der Waals surface area contributed by atoms with Gasteiger partial charge in [0, 0.05) is 18.2 Å². The Morgan fingerprint density at radius 2 is 2.00 bits per heavy atom. The van der Waals surface area contributed by atoms with Gasteiger partial charge in [-0.3, -0.25) is 0 Å². The first-order chi connectivity index (χ1) is 11.6. The van der Waals surface area contributed by atoms with E-state index in [1.165, 1.54) is 31.7 Å². The van der Waals surface area contributed by atoms with Crippen molar-refractivity contribution in [1.29, 1.82) is 0 Å². The minimum Gasteiger partial charge on any atom is -0.478 e. The van der Waals surface area contributed by atoms with Gasteiger partial charge in [-0.2, -0.15) is 0 Å². The van der Waals surface area contributed by atoms with Crippen LogP contribution >= 0.6 is 11.6 Å². The van der Waals surface area contributed by atoms with Crippen molar-refractivity contribution in [1.82, 2.24) is 14.8 Å². The number of hydrogen-bond donors (Lipinski definition) is 1. The molecule has 6 nitrogen and oxygen atoms in total. The predicted octanol–water partition coefficient (Wildman–Crippen LogP) is 3.19. The molecule has 124 valence electrons. The molecule has 0 amide bonds. The van der Waals surface area contributed by atoms with Gasteiger partial charge in [0.2, 0.25) is 5.88 Å². The monoisotopic (exact) mass is 345 g/mol. The molecule has 3 saturated carbocycles. The van der Waals surface area contributed by atoms with Gasteiger partial charge in [-0.1, -0.05) is 11.6 Å². The molecule has 3 aliphatic carbocycles. The van der Waals surface area contributed by atoms with Gasteiger partial charge >= 0.3 is 5.97 Å². The highest BCUT2D eigenvalue weighted by molar-refractivity contribution is 6.32. The van der Waals surface area contributed by atoms with Crippen LogP contribution < -0.4 is 4.74 Å². The van der Waals surface area contributed by atoms with Crippen LogP contribution in [-0.4, -0.2) is 32.4 Å². The maximum Gasteiger partial charge on any atom is 0.338 e. The smallest absolute Gasteiger partial charge is 0.338 e. The molecule has 2 heterocycles. The Hall–Kier alpha value is -2.08. The number of aromatic nitrogens is 3. The molecule has 0 unspecified atom stereocenters. The molecule has 3 fully saturated rings. The zero-order valence-electron chi connectivity index (χ0n) is 12.9. The van der Waals surface area contributed by atoms with E-state index >= 15 is 0 Å². The summed E-state index contributed by atoms with van der Waals surface area (Å²) >= 11 is 5.90. The van der Waals surface area contributed by atoms with Crippen LogP contribution in [0.1, 0.15) is 36.0 Å². The molecule has 2 aromatic rings. The van der Waals surface area contributed by atoms with Crippen LogP contribution in [0, 0.1) is 16.7 Å². The summed E-state index contributed by atoms with van der Waals surface area (Å²) < 4.78 is 7.43. The minimum atomic E-state index is -1.10. The number of carboxylic acid groups (broad SMARTS) is 1. The molecule has 0 atom stereocenters. The molecule has 3 aliphatic rings. The van der Waals surface area contributed by atoms with Crippen LogP contribution in [0.3, 0.4) is 0 Å². The second-order valence-corrected chi connectivity index (χ2v) is 7.45. The summed E-state index contributed by atoms with van der Waals surface area (Å²) in [7, 11) is 0. The van der Waals surface area contributed by atoms with E-state index in [1.807, 2.05) is 0 Å². The Morgan fingerprint density at radius 3 is 2.58 bits per heavy atom. The van der Waals surface area contributed by atoms with Crippen molar-refractivity contribution in [3.8, 4) is 11.7 Å². The Balaban J connectivity index is 1.29. The van der Waals surface area contributed by atoms with Crippen molar-refractivity contribution in [2.75, 3.05) is 6.61 Å². The van der Waals surface area contributed by atoms with Crippen molar-refractivity contribution in [2.45, 2.75) is 25.7 Å². The van der Waals surface area contributed by atoms with Gasteiger partial charge in [-0.15, -0.1) is 5.10 Å². The molecule has 5 rings (SSSR count). The Labute approximate surface area is 143 Å². The highest BCUT2D eigenvalue weighted by atomic mass is 35.5. The first kappa shape index (κ1) is 14.3. The van der Waals surface area contributed by atoms with Gasteiger partial charge in [-0.25, -0.2) is 14.5 Å². The Morgan fingerprint density at radius 1 is 1.29 bits per heavy atom. The van der Waals surface area contributed by atoms with Gasteiger partial charge in [0.25, 0.3) is 0 Å². The fraction of sp³-hybridized carbons (Fsp3) is 0.471. The number of nitrogens with zero attached hydrogens (tertiary/aromatic N) is 3. The first-order valence-electron chi connectivity index (χ1n) is 8.14. The fourth-order valence-corrected chi connectivity index (χ4v) is 4.74. The highest BCUT2D eigenvalue weighted by Crippen LogP contribution is 2.92. The number of hydrogen-bond acceptors (Lipinski definition) is 4. The largest absolute Gasteiger partial charge is 0.478 e. The second-order valence-electron chi connectivity index (χ2n) is 7.09. The fourth-order valence-electron chi connectivity index (χ4n) is 4.51. The molecule has 0 radical (unpaired) electrons. The SMILES string of the molecule is O=C(O)c1ccc(-n2ccc(OCC3C4(CC4)C34CC4)n2)nc1Cl. The number of pyridine rings is 1. The van der Waals surface area contributed by atoms with Crippen molar-refractivity contribution in [3.05, 3.63) is 35.1 Å². The summed E-state index contributed by atoms with van der Waals surface area (Å²) in [4.78, 5) is 15.1. The molecule has 24 heavy (non-hydrogen) atoms. The minimum absolute atomic E-state index is 0.0257. The van der Waals surface area contributed by atoms with E-state index in [-0.39, 0.29) is 10.7 Å². The topological polar surface area (TPSA) is 77.2 Å². The third kappa shape index (κ3) is 1.86. The first-order valence-corrected chi connectivity index (χ1v) is 8.52. The predicted molar refractivity (Wildman–Crippen MR) is 85.6 cm³/mol. The lowest BCUT2D eigenvalue weighted by Gasteiger charge is -2.04. The van der Waals surface area contributed by atoms with Crippen LogP contribution in [-0.2, 0) is 0 Å². The van der Waals surface area contributed by atoms with E-state index in [1.54, 1.807) is 23.0 Å². The van der Waals surface area contributed by atoms with E-state index in [0.29, 0.717) is 28.4 Å². The van der Waals surface area contributed by atoms with Crippen molar-refractivity contribution < 1.29 is 14.6 Å². The Bertz CT molecular complexity index is 837. The summed E-state index contributed by atoms with van der Waals surface area (Å²) in [5.41, 5.74) is 1.22. The second kappa shape index (κ2) is 4.51. The summed E-state index contributed by atoms with van der Waals surface area (Å²) in [6.07, 6.45) is 7.21. The zero-order valence-corrected chi connectivity index (χ0v) is 13.7. The Kier molecular flexibility index (Phi) is 2.68. The molecule has 1 N–H and O–H groups in total. The third-order valence-electron chi connectivity index (χ3n) is 6.08. The summed E-state index contributed by atoms with van der Waals surface area (Å²) in [5.74, 6) is 0.630. The lowest BCUT2D eigenvalue weighted by Crippen LogP contribution is -2.05. The number of aromatic carboxylic acids is 1. The van der Waals surface area contributed by atoms with Crippen LogP contribution in [0.25, 0.3) is 5.82 Å². The molecule has 0 aliphatic heterocycles. The van der Waals surface area contributed by atoms with E-state index in [2.05, 4.69) is 10.1 Å². The number of fused-ring (bicyclic) bond motifs is 1. The van der Waals surface area contributed by atoms with E-state index in [4.69, 9.17) is 21.4 Å². The van der Waals surface area contributed by atoms with E-state index < -0.39 is 5.97 Å². The van der Waals surface area contributed by atoms with E-state index in [9.17, 15) is 4.79 Å². The van der Waals surface area contributed by atoms with Gasteiger partial charge in [0.15, 0.2) is 5.82 Å². The standard InChI is InChI=1S/C17H16ClN3O3/c18-14-10(15(22)23)1-2-12(19-14)21-8-3-13(20-21)24-9-11-16(4-5-16)17(11)6-7-17/h1-3,8,11H,4-7,9H2,(H,22,23). The van der Waals surface area contributed by atoms with Gasteiger partial charge < -0.3 is 9.84 Å². The van der Waals surface area contributed by atoms with Gasteiger partial charge in [0.05, 0.1) is 12.2 Å². The number of carbonyl (C=O) groups is 1. The van der Waals surface area contributed by atoms with Crippen LogP contribution in [0.2, 0.25) is 5.15 Å². The maximum absolute atomic E-state index is 11.0. The summed E-state index contributed by atoms with van der Waals surface area (Å²) in [5, 5.41) is 13.3. The molecular formula is C17H16ClN3O3. The molecule has 2 aromatic heterocycles. The number of halogens is 1. The summed E-state index contributed by atoms with van der Waals surface area (Å²) in [6.45, 7) is 0.739. The quantitative estimate of drug-likeness (QED) is 0.842. The number of rotatable bonds is 5. The van der Waals surface area contributed by atoms with Gasteiger partial charge in [0.1, 0.15) is 5.15 Å². The third-order valence-corrected chi connectivity index (χ3v) is 6.37. The van der Waals surface area contributed by atoms with Crippen LogP contribution in [0.15, 0.2) is 24.4 Å². The van der Waals surface area contributed by atoms with E-state index in [0.717, 1.165) is 6.61 Å². The normalized spacial score (nSPS) is 21.9. The van der Waals surface area contributed by atoms with Crippen molar-refractivity contribution in [2.24, 2.45) is 16.7 Å². The van der Waals surface area contributed by atoms with Crippen molar-refractivity contribution in [3.63, 3.8) is 0 Å². The highest BCUT2D eigenvalue weighted by Gasteiger charge is 2.86.